The van der Waals surface area contributed by atoms with Crippen molar-refractivity contribution < 1.29 is 38.6 Å². The van der Waals surface area contributed by atoms with E-state index in [0.717, 1.165) is 32.0 Å². The molecule has 0 spiro atoms. The highest BCUT2D eigenvalue weighted by atomic mass is 31.2. The van der Waals surface area contributed by atoms with Crippen molar-refractivity contribution in [3.05, 3.63) is 12.7 Å². The average molecular weight is 630 g/mol. The van der Waals surface area contributed by atoms with Crippen molar-refractivity contribution in [2.45, 2.75) is 57.1 Å². The minimum absolute atomic E-state index is 0.465. The van der Waals surface area contributed by atoms with Gasteiger partial charge in [0, 0.05) is 19.8 Å². The molecule has 2 aromatic rings. The van der Waals surface area contributed by atoms with E-state index in [9.17, 15) is 10.2 Å². The van der Waals surface area contributed by atoms with Gasteiger partial charge in [-0.1, -0.05) is 13.3 Å². The molecule has 4 atom stereocenters. The van der Waals surface area contributed by atoms with Crippen molar-refractivity contribution in [1.29, 1.82) is 0 Å². The van der Waals surface area contributed by atoms with Crippen molar-refractivity contribution >= 4 is 30.2 Å². The summed E-state index contributed by atoms with van der Waals surface area (Å²) in [6.45, 7) is 11.5. The van der Waals surface area contributed by atoms with E-state index in [1.54, 1.807) is 10.9 Å². The number of nitrogens with zero attached hydrogens (tertiary/aromatic N) is 4. The molecule has 1 fully saturated rings. The zero-order valence-electron chi connectivity index (χ0n) is 26.1. The van der Waals surface area contributed by atoms with Crippen LogP contribution in [0.15, 0.2) is 12.7 Å². The highest BCUT2D eigenvalue weighted by Gasteiger charge is 2.44. The number of aromatic nitrogens is 4. The Morgan fingerprint density at radius 1 is 0.860 bits per heavy atom. The molecule has 3 N–H and O–H groups in total. The quantitative estimate of drug-likeness (QED) is 0.115. The van der Waals surface area contributed by atoms with Gasteiger partial charge in [-0.25, -0.2) is 15.0 Å². The molecule has 43 heavy (non-hydrogen) atoms. The van der Waals surface area contributed by atoms with E-state index in [1.165, 1.54) is 6.33 Å². The first kappa shape index (κ1) is 35.8. The van der Waals surface area contributed by atoms with Crippen LogP contribution in [-0.2, 0) is 28.4 Å². The molecular formula is C29H52N5O8P. The molecule has 0 saturated carbocycles. The van der Waals surface area contributed by atoms with Gasteiger partial charge >= 0.3 is 0 Å². The third-order valence-electron chi connectivity index (χ3n) is 6.88. The van der Waals surface area contributed by atoms with Gasteiger partial charge < -0.3 is 44.0 Å². The summed E-state index contributed by atoms with van der Waals surface area (Å²) in [7, 11) is 0. The Morgan fingerprint density at radius 3 is 2.02 bits per heavy atom. The Hall–Kier alpha value is -1.67. The minimum Gasteiger partial charge on any atom is -0.388 e. The number of hydrogen-bond acceptors (Lipinski definition) is 12. The number of aliphatic hydroxyl groups excluding tert-OH is 2. The van der Waals surface area contributed by atoms with Gasteiger partial charge in [-0.3, -0.25) is 4.57 Å². The molecule has 2 aromatic heterocycles. The largest absolute Gasteiger partial charge is 0.388 e. The maximum Gasteiger partial charge on any atom is 0.167 e. The van der Waals surface area contributed by atoms with E-state index in [0.29, 0.717) is 89.4 Å². The molecule has 0 unspecified atom stereocenters. The fourth-order valence-electron chi connectivity index (χ4n) is 4.45. The predicted molar refractivity (Wildman–Crippen MR) is 169 cm³/mol. The summed E-state index contributed by atoms with van der Waals surface area (Å²) in [4.78, 5) is 13.2. The third-order valence-corrected chi connectivity index (χ3v) is 8.35. The maximum absolute atomic E-state index is 10.7. The smallest absolute Gasteiger partial charge is 0.167 e. The first-order valence-corrected chi connectivity index (χ1v) is 18.4. The van der Waals surface area contributed by atoms with Crippen molar-refractivity contribution in [3.8, 4) is 0 Å². The van der Waals surface area contributed by atoms with Crippen LogP contribution in [0.2, 0.25) is 0 Å². The first-order valence-electron chi connectivity index (χ1n) is 15.3. The lowest BCUT2D eigenvalue weighted by atomic mass is 10.1. The second-order valence-corrected chi connectivity index (χ2v) is 15.6. The van der Waals surface area contributed by atoms with Gasteiger partial charge in [-0.2, -0.15) is 0 Å². The summed E-state index contributed by atoms with van der Waals surface area (Å²) in [5.74, 6) is 0.589. The van der Waals surface area contributed by atoms with E-state index in [-0.39, 0.29) is 0 Å². The molecule has 0 radical (unpaired) electrons. The van der Waals surface area contributed by atoms with Crippen LogP contribution in [0.4, 0.5) is 5.82 Å². The Morgan fingerprint density at radius 2 is 1.44 bits per heavy atom. The Kier molecular flexibility index (Phi) is 16.4. The van der Waals surface area contributed by atoms with Gasteiger partial charge in [-0.15, -0.1) is 13.2 Å². The molecule has 1 aliphatic rings. The van der Waals surface area contributed by atoms with Crippen molar-refractivity contribution in [2.75, 3.05) is 97.4 Å². The Labute approximate surface area is 255 Å². The van der Waals surface area contributed by atoms with E-state index in [4.69, 9.17) is 28.4 Å². The normalized spacial score (nSPS) is 20.8. The molecular weight excluding hydrogens is 577 g/mol. The van der Waals surface area contributed by atoms with E-state index in [2.05, 4.69) is 46.8 Å². The van der Waals surface area contributed by atoms with Crippen LogP contribution in [0, 0.1) is 0 Å². The van der Waals surface area contributed by atoms with E-state index < -0.39 is 31.4 Å². The van der Waals surface area contributed by atoms with Crippen LogP contribution in [-0.4, -0.2) is 146 Å². The number of fused-ring (bicyclic) bond motifs is 1. The molecule has 0 aliphatic carbocycles. The van der Waals surface area contributed by atoms with Gasteiger partial charge in [-0.05, 0) is 38.8 Å². The van der Waals surface area contributed by atoms with Crippen LogP contribution >= 0.6 is 6.89 Å². The lowest BCUT2D eigenvalue weighted by molar-refractivity contribution is -0.0353. The number of hydrogen-bond donors (Lipinski definition) is 3. The summed E-state index contributed by atoms with van der Waals surface area (Å²) >= 11 is 0. The van der Waals surface area contributed by atoms with Crippen LogP contribution < -0.4 is 5.32 Å². The molecule has 246 valence electrons. The number of anilines is 1. The summed E-state index contributed by atoms with van der Waals surface area (Å²) in [6, 6.07) is 0. The second kappa shape index (κ2) is 19.7. The molecule has 13 nitrogen and oxygen atoms in total. The SMILES string of the molecule is C=P(C)(C)CC[C@H]1O[C@@H](n2cnc3c(NCCCOCCOCCOCCOCCOCCCC)ncnc32)[C@H](O)[C@@H]1O. The average Bonchev–Trinajstić information content (AvgIpc) is 3.53. The summed E-state index contributed by atoms with van der Waals surface area (Å²) in [5.41, 5.74) is 1.09. The molecule has 3 rings (SSSR count). The molecule has 0 aromatic carbocycles. The molecule has 0 bridgehead atoms. The van der Waals surface area contributed by atoms with Crippen molar-refractivity contribution in [2.24, 2.45) is 0 Å². The van der Waals surface area contributed by atoms with Gasteiger partial charge in [0.2, 0.25) is 0 Å². The highest BCUT2D eigenvalue weighted by molar-refractivity contribution is 7.72. The van der Waals surface area contributed by atoms with E-state index >= 15 is 0 Å². The summed E-state index contributed by atoms with van der Waals surface area (Å²) in [6.07, 6.45) is 8.43. The van der Waals surface area contributed by atoms with Gasteiger partial charge in [0.25, 0.3) is 0 Å². The zero-order chi connectivity index (χ0) is 30.9. The Balaban J connectivity index is 1.25. The van der Waals surface area contributed by atoms with Crippen LogP contribution in [0.5, 0.6) is 0 Å². The first-order chi connectivity index (χ1) is 20.8. The number of nitrogens with one attached hydrogen (secondary N) is 1. The number of unbranched alkanes of at least 4 members (excludes halogenated alkanes) is 1. The van der Waals surface area contributed by atoms with Gasteiger partial charge in [0.1, 0.15) is 18.5 Å². The molecule has 3 heterocycles. The van der Waals surface area contributed by atoms with Gasteiger partial charge in [0.15, 0.2) is 23.2 Å². The monoisotopic (exact) mass is 629 g/mol. The number of rotatable bonds is 24. The zero-order valence-corrected chi connectivity index (χ0v) is 27.0. The topological polar surface area (TPSA) is 151 Å². The predicted octanol–water partition coefficient (Wildman–Crippen LogP) is 2.23. The van der Waals surface area contributed by atoms with Gasteiger partial charge in [0.05, 0.1) is 65.3 Å². The number of imidazole rings is 1. The fourth-order valence-corrected chi connectivity index (χ4v) is 5.40. The Bertz CT molecular complexity index is 1090. The summed E-state index contributed by atoms with van der Waals surface area (Å²) in [5, 5.41) is 24.6. The van der Waals surface area contributed by atoms with Crippen LogP contribution in [0.1, 0.15) is 38.8 Å². The van der Waals surface area contributed by atoms with Crippen LogP contribution in [0.25, 0.3) is 11.2 Å². The second-order valence-electron chi connectivity index (χ2n) is 11.2. The van der Waals surface area contributed by atoms with E-state index in [1.807, 2.05) is 0 Å². The lowest BCUT2D eigenvalue weighted by Crippen LogP contribution is -2.31. The van der Waals surface area contributed by atoms with Crippen LogP contribution in [0.3, 0.4) is 0 Å². The fraction of sp³-hybridized carbons (Fsp3) is 0.793. The highest BCUT2D eigenvalue weighted by Crippen LogP contribution is 2.40. The number of ether oxygens (including phenoxy) is 6. The molecule has 1 aliphatic heterocycles. The third kappa shape index (κ3) is 12.7. The summed E-state index contributed by atoms with van der Waals surface area (Å²) < 4.78 is 35.3. The molecule has 14 heteroatoms. The van der Waals surface area contributed by atoms with Crippen molar-refractivity contribution in [1.82, 2.24) is 19.5 Å². The maximum atomic E-state index is 10.7. The standard InChI is InChI=1S/C29H52N5O8P/c1-5-6-10-37-12-14-39-16-18-41-19-17-40-15-13-38-11-7-9-30-27-24-28(32-21-31-27)34(22-33-24)29-26(36)25(35)23(42-29)8-20-43(2,3)4/h21-23,25-26,29,35-36H,2,5-20H2,1,3-4H3,(H,30,31,32)/t23-,25-,26-,29-/m1/s1. The van der Waals surface area contributed by atoms with Crippen molar-refractivity contribution in [3.63, 3.8) is 0 Å². The molecule has 1 saturated heterocycles. The minimum atomic E-state index is -1.27. The molecule has 0 amide bonds. The lowest BCUT2D eigenvalue weighted by Gasteiger charge is -2.18. The number of aliphatic hydroxyl groups is 2.